The van der Waals surface area contributed by atoms with Crippen LogP contribution in [0, 0.1) is 11.3 Å². The summed E-state index contributed by atoms with van der Waals surface area (Å²) >= 11 is 3.17. The molecule has 0 heterocycles. The first kappa shape index (κ1) is 12.8. The third-order valence-corrected chi connectivity index (χ3v) is 2.48. The molecule has 6 heteroatoms. The van der Waals surface area contributed by atoms with Gasteiger partial charge in [-0.2, -0.15) is 18.4 Å². The maximum absolute atomic E-state index is 11.9. The van der Waals surface area contributed by atoms with E-state index in [0.717, 1.165) is 0 Å². The number of nitrogens with one attached hydrogen (secondary N) is 1. The van der Waals surface area contributed by atoms with Crippen LogP contribution in [0.1, 0.15) is 12.0 Å². The summed E-state index contributed by atoms with van der Waals surface area (Å²) in [6.45, 7) is -0.187. The van der Waals surface area contributed by atoms with E-state index in [9.17, 15) is 13.2 Å². The Labute approximate surface area is 99.2 Å². The van der Waals surface area contributed by atoms with Gasteiger partial charge in [0.2, 0.25) is 0 Å². The number of alkyl halides is 3. The van der Waals surface area contributed by atoms with Crippen LogP contribution >= 0.6 is 15.9 Å². The molecule has 2 nitrogen and oxygen atoms in total. The van der Waals surface area contributed by atoms with E-state index < -0.39 is 12.6 Å². The van der Waals surface area contributed by atoms with E-state index in [1.165, 1.54) is 0 Å². The van der Waals surface area contributed by atoms with Crippen molar-refractivity contribution < 1.29 is 13.2 Å². The first-order valence-corrected chi connectivity index (χ1v) is 5.22. The summed E-state index contributed by atoms with van der Waals surface area (Å²) in [6, 6.07) is 6.60. The minimum Gasteiger partial charge on any atom is -0.384 e. The number of rotatable bonds is 3. The van der Waals surface area contributed by atoms with Gasteiger partial charge in [0.05, 0.1) is 18.1 Å². The van der Waals surface area contributed by atoms with Crippen molar-refractivity contribution in [2.45, 2.75) is 12.6 Å². The number of nitriles is 1. The van der Waals surface area contributed by atoms with Gasteiger partial charge in [0.15, 0.2) is 0 Å². The van der Waals surface area contributed by atoms with Crippen LogP contribution in [0.4, 0.5) is 18.9 Å². The van der Waals surface area contributed by atoms with Crippen molar-refractivity contribution in [3.05, 3.63) is 28.2 Å². The summed E-state index contributed by atoms with van der Waals surface area (Å²) in [5, 5.41) is 11.2. The molecule has 1 N–H and O–H groups in total. The lowest BCUT2D eigenvalue weighted by molar-refractivity contribution is -0.131. The maximum Gasteiger partial charge on any atom is 0.390 e. The molecule has 0 aliphatic heterocycles. The SMILES string of the molecule is N#Cc1ccc(NCCC(F)(F)F)c(Br)c1. The normalized spacial score (nSPS) is 10.9. The molecule has 0 saturated carbocycles. The fraction of sp³-hybridized carbons (Fsp3) is 0.300. The highest BCUT2D eigenvalue weighted by Crippen LogP contribution is 2.25. The van der Waals surface area contributed by atoms with E-state index in [2.05, 4.69) is 21.2 Å². The van der Waals surface area contributed by atoms with Crippen molar-refractivity contribution in [2.24, 2.45) is 0 Å². The molecular weight excluding hydrogens is 285 g/mol. The summed E-state index contributed by atoms with van der Waals surface area (Å²) in [5.41, 5.74) is 0.997. The van der Waals surface area contributed by atoms with Gasteiger partial charge in [0, 0.05) is 16.7 Å². The van der Waals surface area contributed by atoms with Gasteiger partial charge in [-0.3, -0.25) is 0 Å². The number of benzene rings is 1. The van der Waals surface area contributed by atoms with Crippen LogP contribution in [-0.4, -0.2) is 12.7 Å². The smallest absolute Gasteiger partial charge is 0.384 e. The van der Waals surface area contributed by atoms with Crippen molar-refractivity contribution in [1.29, 1.82) is 5.26 Å². The minimum atomic E-state index is -4.16. The highest BCUT2D eigenvalue weighted by atomic mass is 79.9. The Bertz CT molecular complexity index is 410. The molecule has 1 aromatic rings. The van der Waals surface area contributed by atoms with Gasteiger partial charge in [-0.05, 0) is 34.1 Å². The highest BCUT2D eigenvalue weighted by molar-refractivity contribution is 9.10. The second-order valence-electron chi connectivity index (χ2n) is 3.10. The van der Waals surface area contributed by atoms with E-state index in [1.54, 1.807) is 18.2 Å². The van der Waals surface area contributed by atoms with Crippen molar-refractivity contribution in [3.8, 4) is 6.07 Å². The quantitative estimate of drug-likeness (QED) is 0.922. The zero-order chi connectivity index (χ0) is 12.2. The molecule has 0 aliphatic rings. The summed E-state index contributed by atoms with van der Waals surface area (Å²) in [7, 11) is 0. The minimum absolute atomic E-state index is 0.187. The lowest BCUT2D eigenvalue weighted by Gasteiger charge is -2.10. The number of halogens is 4. The van der Waals surface area contributed by atoms with Crippen LogP contribution in [0.2, 0.25) is 0 Å². The molecule has 0 aromatic heterocycles. The first-order valence-electron chi connectivity index (χ1n) is 4.42. The third kappa shape index (κ3) is 4.11. The van der Waals surface area contributed by atoms with Crippen LogP contribution < -0.4 is 5.32 Å². The zero-order valence-electron chi connectivity index (χ0n) is 8.11. The molecule has 0 atom stereocenters. The van der Waals surface area contributed by atoms with Gasteiger partial charge < -0.3 is 5.32 Å². The number of hydrogen-bond donors (Lipinski definition) is 1. The van der Waals surface area contributed by atoms with Crippen LogP contribution in [0.15, 0.2) is 22.7 Å². The van der Waals surface area contributed by atoms with Crippen molar-refractivity contribution in [3.63, 3.8) is 0 Å². The Morgan fingerprint density at radius 1 is 1.38 bits per heavy atom. The molecule has 0 spiro atoms. The van der Waals surface area contributed by atoms with Crippen molar-refractivity contribution in [2.75, 3.05) is 11.9 Å². The van der Waals surface area contributed by atoms with Crippen LogP contribution in [-0.2, 0) is 0 Å². The standard InChI is InChI=1S/C10H8BrF3N2/c11-8-5-7(6-15)1-2-9(8)16-4-3-10(12,13)14/h1-2,5,16H,3-4H2. The first-order chi connectivity index (χ1) is 7.42. The molecule has 86 valence electrons. The number of anilines is 1. The lowest BCUT2D eigenvalue weighted by Crippen LogP contribution is -2.14. The van der Waals surface area contributed by atoms with Crippen LogP contribution in [0.25, 0.3) is 0 Å². The molecule has 0 unspecified atom stereocenters. The molecular formula is C10H8BrF3N2. The number of nitrogens with zero attached hydrogens (tertiary/aromatic N) is 1. The Hall–Kier alpha value is -1.22. The summed E-state index contributed by atoms with van der Waals surface area (Å²) in [4.78, 5) is 0. The van der Waals surface area contributed by atoms with Gasteiger partial charge in [0.25, 0.3) is 0 Å². The van der Waals surface area contributed by atoms with E-state index in [4.69, 9.17) is 5.26 Å². The largest absolute Gasteiger partial charge is 0.390 e. The average Bonchev–Trinajstić information content (AvgIpc) is 2.18. The lowest BCUT2D eigenvalue weighted by atomic mass is 10.2. The monoisotopic (exact) mass is 292 g/mol. The van der Waals surface area contributed by atoms with E-state index in [0.29, 0.717) is 15.7 Å². The molecule has 0 saturated heterocycles. The maximum atomic E-state index is 11.9. The molecule has 0 bridgehead atoms. The van der Waals surface area contributed by atoms with Crippen molar-refractivity contribution >= 4 is 21.6 Å². The molecule has 0 amide bonds. The molecule has 0 aliphatic carbocycles. The van der Waals surface area contributed by atoms with E-state index in [1.807, 2.05) is 6.07 Å². The van der Waals surface area contributed by atoms with Crippen LogP contribution in [0.3, 0.4) is 0 Å². The second-order valence-corrected chi connectivity index (χ2v) is 3.95. The summed E-state index contributed by atoms with van der Waals surface area (Å²) in [5.74, 6) is 0. The Balaban J connectivity index is 2.59. The third-order valence-electron chi connectivity index (χ3n) is 1.82. The van der Waals surface area contributed by atoms with Gasteiger partial charge >= 0.3 is 6.18 Å². The summed E-state index contributed by atoms with van der Waals surface area (Å²) in [6.07, 6.45) is -5.05. The molecule has 1 aromatic carbocycles. The van der Waals surface area contributed by atoms with Gasteiger partial charge in [-0.1, -0.05) is 0 Å². The predicted molar refractivity (Wildman–Crippen MR) is 58.0 cm³/mol. The van der Waals surface area contributed by atoms with Crippen LogP contribution in [0.5, 0.6) is 0 Å². The Morgan fingerprint density at radius 3 is 2.56 bits per heavy atom. The van der Waals surface area contributed by atoms with E-state index in [-0.39, 0.29) is 6.54 Å². The highest BCUT2D eigenvalue weighted by Gasteiger charge is 2.26. The second kappa shape index (κ2) is 5.21. The molecule has 1 rings (SSSR count). The number of hydrogen-bond acceptors (Lipinski definition) is 2. The Kier molecular flexibility index (Phi) is 4.19. The molecule has 16 heavy (non-hydrogen) atoms. The molecule has 0 radical (unpaired) electrons. The molecule has 0 fully saturated rings. The van der Waals surface area contributed by atoms with Gasteiger partial charge in [0.1, 0.15) is 0 Å². The van der Waals surface area contributed by atoms with Gasteiger partial charge in [-0.25, -0.2) is 0 Å². The zero-order valence-corrected chi connectivity index (χ0v) is 9.69. The van der Waals surface area contributed by atoms with E-state index >= 15 is 0 Å². The van der Waals surface area contributed by atoms with Gasteiger partial charge in [-0.15, -0.1) is 0 Å². The topological polar surface area (TPSA) is 35.8 Å². The Morgan fingerprint density at radius 2 is 2.06 bits per heavy atom. The predicted octanol–water partition coefficient (Wildman–Crippen LogP) is 3.69. The fourth-order valence-electron chi connectivity index (χ4n) is 1.07. The van der Waals surface area contributed by atoms with Crippen molar-refractivity contribution in [1.82, 2.24) is 0 Å². The fourth-order valence-corrected chi connectivity index (χ4v) is 1.59. The average molecular weight is 293 g/mol. The summed E-state index contributed by atoms with van der Waals surface area (Å²) < 4.78 is 36.2.